The second-order valence-corrected chi connectivity index (χ2v) is 3.28. The molecule has 1 heteroatoms. The Labute approximate surface area is 77.2 Å². The van der Waals surface area contributed by atoms with Gasteiger partial charge >= 0.3 is 0 Å². The SMILES string of the molecule is C=CCCNC(CC)CCCC. The Morgan fingerprint density at radius 2 is 2.17 bits per heavy atom. The Balaban J connectivity index is 3.32. The van der Waals surface area contributed by atoms with Crippen LogP contribution in [0.15, 0.2) is 12.7 Å². The summed E-state index contributed by atoms with van der Waals surface area (Å²) < 4.78 is 0. The number of unbranched alkanes of at least 4 members (excludes halogenated alkanes) is 1. The lowest BCUT2D eigenvalue weighted by Crippen LogP contribution is -2.28. The van der Waals surface area contributed by atoms with Crippen molar-refractivity contribution in [3.8, 4) is 0 Å². The zero-order chi connectivity index (χ0) is 9.23. The first-order valence-corrected chi connectivity index (χ1v) is 5.19. The minimum atomic E-state index is 0.727. The summed E-state index contributed by atoms with van der Waals surface area (Å²) in [5, 5.41) is 3.53. The van der Waals surface area contributed by atoms with Gasteiger partial charge in [-0.1, -0.05) is 32.8 Å². The maximum Gasteiger partial charge on any atom is 0.00645 e. The highest BCUT2D eigenvalue weighted by atomic mass is 14.9. The van der Waals surface area contributed by atoms with Crippen molar-refractivity contribution in [3.63, 3.8) is 0 Å². The summed E-state index contributed by atoms with van der Waals surface area (Å²) in [7, 11) is 0. The summed E-state index contributed by atoms with van der Waals surface area (Å²) in [6, 6.07) is 0.727. The van der Waals surface area contributed by atoms with Crippen LogP contribution in [0.5, 0.6) is 0 Å². The van der Waals surface area contributed by atoms with Crippen LogP contribution in [0.3, 0.4) is 0 Å². The van der Waals surface area contributed by atoms with Crippen LogP contribution >= 0.6 is 0 Å². The zero-order valence-electron chi connectivity index (χ0n) is 8.60. The third kappa shape index (κ3) is 6.41. The Bertz CT molecular complexity index is 99.2. The fourth-order valence-corrected chi connectivity index (χ4v) is 1.29. The van der Waals surface area contributed by atoms with Gasteiger partial charge in [-0.05, 0) is 25.8 Å². The summed E-state index contributed by atoms with van der Waals surface area (Å²) in [5.41, 5.74) is 0. The predicted molar refractivity (Wildman–Crippen MR) is 56.4 cm³/mol. The van der Waals surface area contributed by atoms with Crippen molar-refractivity contribution in [2.24, 2.45) is 0 Å². The fourth-order valence-electron chi connectivity index (χ4n) is 1.29. The van der Waals surface area contributed by atoms with Crippen molar-refractivity contribution in [2.45, 2.75) is 52.0 Å². The summed E-state index contributed by atoms with van der Waals surface area (Å²) in [6.07, 6.45) is 8.28. The molecule has 0 heterocycles. The van der Waals surface area contributed by atoms with Gasteiger partial charge in [0, 0.05) is 6.04 Å². The molecule has 0 rings (SSSR count). The van der Waals surface area contributed by atoms with Crippen LogP contribution in [0.4, 0.5) is 0 Å². The lowest BCUT2D eigenvalue weighted by Gasteiger charge is -2.15. The van der Waals surface area contributed by atoms with Crippen LogP contribution in [-0.4, -0.2) is 12.6 Å². The molecule has 0 aliphatic carbocycles. The van der Waals surface area contributed by atoms with Gasteiger partial charge in [0.05, 0.1) is 0 Å². The number of nitrogens with one attached hydrogen (secondary N) is 1. The monoisotopic (exact) mass is 169 g/mol. The first kappa shape index (κ1) is 11.7. The Kier molecular flexibility index (Phi) is 8.57. The first-order chi connectivity index (χ1) is 5.85. The van der Waals surface area contributed by atoms with Crippen molar-refractivity contribution in [1.29, 1.82) is 0 Å². The molecule has 0 spiro atoms. The van der Waals surface area contributed by atoms with Gasteiger partial charge in [0.25, 0.3) is 0 Å². The zero-order valence-corrected chi connectivity index (χ0v) is 8.60. The molecule has 0 bridgehead atoms. The highest BCUT2D eigenvalue weighted by Gasteiger charge is 2.02. The van der Waals surface area contributed by atoms with Crippen LogP contribution in [0, 0.1) is 0 Å². The molecule has 1 N–H and O–H groups in total. The third-order valence-electron chi connectivity index (χ3n) is 2.18. The average molecular weight is 169 g/mol. The van der Waals surface area contributed by atoms with E-state index in [1.54, 1.807) is 0 Å². The number of hydrogen-bond acceptors (Lipinski definition) is 1. The van der Waals surface area contributed by atoms with Crippen molar-refractivity contribution < 1.29 is 0 Å². The lowest BCUT2D eigenvalue weighted by atomic mass is 10.1. The van der Waals surface area contributed by atoms with Gasteiger partial charge in [0.15, 0.2) is 0 Å². The largest absolute Gasteiger partial charge is 0.314 e. The van der Waals surface area contributed by atoms with E-state index in [1.807, 2.05) is 6.08 Å². The molecule has 0 aromatic carbocycles. The molecule has 0 radical (unpaired) electrons. The molecule has 0 aromatic rings. The first-order valence-electron chi connectivity index (χ1n) is 5.19. The molecule has 0 aliphatic rings. The van der Waals surface area contributed by atoms with Gasteiger partial charge in [0.1, 0.15) is 0 Å². The molecule has 0 fully saturated rings. The highest BCUT2D eigenvalue weighted by Crippen LogP contribution is 2.03. The minimum Gasteiger partial charge on any atom is -0.314 e. The molecule has 12 heavy (non-hydrogen) atoms. The van der Waals surface area contributed by atoms with Gasteiger partial charge in [0.2, 0.25) is 0 Å². The van der Waals surface area contributed by atoms with Crippen molar-refractivity contribution >= 4 is 0 Å². The maximum absolute atomic E-state index is 3.71. The molecule has 0 saturated heterocycles. The van der Waals surface area contributed by atoms with Gasteiger partial charge in [-0.25, -0.2) is 0 Å². The molecule has 72 valence electrons. The van der Waals surface area contributed by atoms with Gasteiger partial charge in [-0.15, -0.1) is 6.58 Å². The van der Waals surface area contributed by atoms with E-state index in [9.17, 15) is 0 Å². The molecular formula is C11H23N. The Morgan fingerprint density at radius 1 is 1.42 bits per heavy atom. The van der Waals surface area contributed by atoms with Crippen molar-refractivity contribution in [2.75, 3.05) is 6.54 Å². The van der Waals surface area contributed by atoms with Crippen molar-refractivity contribution in [1.82, 2.24) is 5.32 Å². The summed E-state index contributed by atoms with van der Waals surface area (Å²) in [4.78, 5) is 0. The van der Waals surface area contributed by atoms with Crippen LogP contribution < -0.4 is 5.32 Å². The summed E-state index contributed by atoms with van der Waals surface area (Å²) in [5.74, 6) is 0. The molecule has 0 amide bonds. The van der Waals surface area contributed by atoms with E-state index in [2.05, 4.69) is 25.7 Å². The molecule has 1 unspecified atom stereocenters. The van der Waals surface area contributed by atoms with Gasteiger partial charge < -0.3 is 5.32 Å². The second kappa shape index (κ2) is 8.79. The molecule has 0 aromatic heterocycles. The van der Waals surface area contributed by atoms with Crippen molar-refractivity contribution in [3.05, 3.63) is 12.7 Å². The Hall–Kier alpha value is -0.300. The minimum absolute atomic E-state index is 0.727. The molecule has 0 saturated carbocycles. The average Bonchev–Trinajstić information content (AvgIpc) is 2.11. The molecule has 1 atom stereocenters. The van der Waals surface area contributed by atoms with Crippen LogP contribution in [0.2, 0.25) is 0 Å². The van der Waals surface area contributed by atoms with E-state index in [0.717, 1.165) is 19.0 Å². The number of rotatable bonds is 8. The lowest BCUT2D eigenvalue weighted by molar-refractivity contribution is 0.457. The second-order valence-electron chi connectivity index (χ2n) is 3.28. The quantitative estimate of drug-likeness (QED) is 0.435. The normalized spacial score (nSPS) is 12.8. The summed E-state index contributed by atoms with van der Waals surface area (Å²) >= 11 is 0. The summed E-state index contributed by atoms with van der Waals surface area (Å²) in [6.45, 7) is 9.29. The smallest absolute Gasteiger partial charge is 0.00645 e. The van der Waals surface area contributed by atoms with E-state index in [0.29, 0.717) is 0 Å². The van der Waals surface area contributed by atoms with Crippen LogP contribution in [0.1, 0.15) is 46.0 Å². The highest BCUT2D eigenvalue weighted by molar-refractivity contribution is 4.71. The standard InChI is InChI=1S/C11H23N/c1-4-7-9-11(6-3)12-10-8-5-2/h5,11-12H,2,4,6-10H2,1,3H3. The van der Waals surface area contributed by atoms with E-state index in [1.165, 1.54) is 25.7 Å². The van der Waals surface area contributed by atoms with Crippen LogP contribution in [-0.2, 0) is 0 Å². The van der Waals surface area contributed by atoms with Crippen LogP contribution in [0.25, 0.3) is 0 Å². The molecule has 1 nitrogen and oxygen atoms in total. The van der Waals surface area contributed by atoms with Gasteiger partial charge in [-0.2, -0.15) is 0 Å². The topological polar surface area (TPSA) is 12.0 Å². The fraction of sp³-hybridized carbons (Fsp3) is 0.818. The molecular weight excluding hydrogens is 146 g/mol. The van der Waals surface area contributed by atoms with E-state index < -0.39 is 0 Å². The molecule has 0 aliphatic heterocycles. The predicted octanol–water partition coefficient (Wildman–Crippen LogP) is 3.12. The van der Waals surface area contributed by atoms with E-state index in [4.69, 9.17) is 0 Å². The van der Waals surface area contributed by atoms with Gasteiger partial charge in [-0.3, -0.25) is 0 Å². The van der Waals surface area contributed by atoms with E-state index >= 15 is 0 Å². The number of hydrogen-bond donors (Lipinski definition) is 1. The third-order valence-corrected chi connectivity index (χ3v) is 2.18. The van der Waals surface area contributed by atoms with E-state index in [-0.39, 0.29) is 0 Å². The maximum atomic E-state index is 3.71. The Morgan fingerprint density at radius 3 is 2.67 bits per heavy atom.